The fraction of sp³-hybridized carbons (Fsp3) is 0.250. The first kappa shape index (κ1) is 11.1. The van der Waals surface area contributed by atoms with E-state index in [0.29, 0.717) is 12.5 Å². The quantitative estimate of drug-likeness (QED) is 0.858. The van der Waals surface area contributed by atoms with Gasteiger partial charge in [0, 0.05) is 22.6 Å². The van der Waals surface area contributed by atoms with Crippen molar-refractivity contribution in [1.82, 2.24) is 4.98 Å². The smallest absolute Gasteiger partial charge is 0.123 e. The molecule has 3 nitrogen and oxygen atoms in total. The molecule has 84 valence electrons. The van der Waals surface area contributed by atoms with Crippen molar-refractivity contribution in [2.24, 2.45) is 5.73 Å². The van der Waals surface area contributed by atoms with Crippen LogP contribution in [-0.4, -0.2) is 16.6 Å². The fourth-order valence-electron chi connectivity index (χ4n) is 1.40. The van der Waals surface area contributed by atoms with Gasteiger partial charge in [0.2, 0.25) is 0 Å². The van der Waals surface area contributed by atoms with Gasteiger partial charge in [-0.2, -0.15) is 0 Å². The zero-order chi connectivity index (χ0) is 11.5. The second kappa shape index (κ2) is 4.63. The summed E-state index contributed by atoms with van der Waals surface area (Å²) >= 11 is 1.63. The van der Waals surface area contributed by atoms with E-state index in [4.69, 9.17) is 5.73 Å². The molecule has 0 amide bonds. The molecule has 3 N–H and O–H groups in total. The number of benzene rings is 1. The highest BCUT2D eigenvalue weighted by Gasteiger charge is 2.09. The molecule has 0 fully saturated rings. The van der Waals surface area contributed by atoms with Crippen molar-refractivity contribution in [2.45, 2.75) is 12.8 Å². The maximum absolute atomic E-state index is 9.39. The fourth-order valence-corrected chi connectivity index (χ4v) is 2.38. The van der Waals surface area contributed by atoms with Crippen LogP contribution in [0.4, 0.5) is 0 Å². The van der Waals surface area contributed by atoms with E-state index in [0.717, 1.165) is 10.6 Å². The van der Waals surface area contributed by atoms with Crippen LogP contribution in [0.3, 0.4) is 0 Å². The predicted molar refractivity (Wildman–Crippen MR) is 66.7 cm³/mol. The molecule has 0 aliphatic carbocycles. The van der Waals surface area contributed by atoms with Crippen LogP contribution in [0.1, 0.15) is 17.7 Å². The Labute approximate surface area is 98.6 Å². The molecule has 0 spiro atoms. The van der Waals surface area contributed by atoms with E-state index in [2.05, 4.69) is 11.9 Å². The van der Waals surface area contributed by atoms with Crippen LogP contribution >= 0.6 is 11.3 Å². The van der Waals surface area contributed by atoms with E-state index >= 15 is 0 Å². The standard InChI is InChI=1S/C12H14N2OS/c1-8(6-13)11-7-14-12(16-11)9-3-2-4-10(15)5-9/h2-5,7-8,15H,6,13H2,1H3. The first-order valence-corrected chi connectivity index (χ1v) is 5.97. The maximum Gasteiger partial charge on any atom is 0.123 e. The number of thiazole rings is 1. The van der Waals surface area contributed by atoms with E-state index in [-0.39, 0.29) is 5.75 Å². The molecule has 2 rings (SSSR count). The molecule has 2 aromatic rings. The molecule has 0 saturated heterocycles. The van der Waals surface area contributed by atoms with Gasteiger partial charge < -0.3 is 10.8 Å². The Kier molecular flexibility index (Phi) is 3.22. The number of aromatic nitrogens is 1. The number of hydrogen-bond donors (Lipinski definition) is 2. The SMILES string of the molecule is CC(CN)c1cnc(-c2cccc(O)c2)s1. The first-order chi connectivity index (χ1) is 7.70. The highest BCUT2D eigenvalue weighted by atomic mass is 32.1. The third kappa shape index (κ3) is 2.23. The largest absolute Gasteiger partial charge is 0.508 e. The number of aromatic hydroxyl groups is 1. The van der Waals surface area contributed by atoms with E-state index < -0.39 is 0 Å². The van der Waals surface area contributed by atoms with Crippen LogP contribution in [0.5, 0.6) is 5.75 Å². The van der Waals surface area contributed by atoms with Gasteiger partial charge in [0.15, 0.2) is 0 Å². The lowest BCUT2D eigenvalue weighted by atomic mass is 10.2. The van der Waals surface area contributed by atoms with Crippen LogP contribution in [0.2, 0.25) is 0 Å². The first-order valence-electron chi connectivity index (χ1n) is 5.16. The Bertz CT molecular complexity index is 481. The number of phenols is 1. The number of rotatable bonds is 3. The van der Waals surface area contributed by atoms with E-state index in [1.54, 1.807) is 23.5 Å². The van der Waals surface area contributed by atoms with Crippen molar-refractivity contribution < 1.29 is 5.11 Å². The molecule has 0 aliphatic heterocycles. The average molecular weight is 234 g/mol. The molecule has 4 heteroatoms. The Balaban J connectivity index is 2.31. The van der Waals surface area contributed by atoms with Gasteiger partial charge in [-0.1, -0.05) is 19.1 Å². The second-order valence-corrected chi connectivity index (χ2v) is 4.82. The lowest BCUT2D eigenvalue weighted by Crippen LogP contribution is -2.07. The summed E-state index contributed by atoms with van der Waals surface area (Å²) in [6.07, 6.45) is 1.86. The Hall–Kier alpha value is -1.39. The van der Waals surface area contributed by atoms with Gasteiger partial charge in [0.1, 0.15) is 10.8 Å². The summed E-state index contributed by atoms with van der Waals surface area (Å²) in [5.41, 5.74) is 6.56. The molecule has 1 aromatic heterocycles. The molecule has 0 bridgehead atoms. The number of nitrogens with two attached hydrogens (primary N) is 1. The summed E-state index contributed by atoms with van der Waals surface area (Å²) in [7, 11) is 0. The molecule has 1 atom stereocenters. The van der Waals surface area contributed by atoms with Crippen molar-refractivity contribution in [3.63, 3.8) is 0 Å². The topological polar surface area (TPSA) is 59.1 Å². The molecule has 1 heterocycles. The predicted octanol–water partition coefficient (Wildman–Crippen LogP) is 2.58. The summed E-state index contributed by atoms with van der Waals surface area (Å²) in [4.78, 5) is 5.53. The van der Waals surface area contributed by atoms with Crippen LogP contribution in [0.25, 0.3) is 10.6 Å². The van der Waals surface area contributed by atoms with Crippen LogP contribution in [0.15, 0.2) is 30.5 Å². The monoisotopic (exact) mass is 234 g/mol. The van der Waals surface area contributed by atoms with Gasteiger partial charge in [0.05, 0.1) is 0 Å². The Morgan fingerprint density at radius 2 is 2.31 bits per heavy atom. The van der Waals surface area contributed by atoms with E-state index in [9.17, 15) is 5.11 Å². The van der Waals surface area contributed by atoms with Gasteiger partial charge in [0.25, 0.3) is 0 Å². The van der Waals surface area contributed by atoms with Crippen molar-refractivity contribution in [1.29, 1.82) is 0 Å². The van der Waals surface area contributed by atoms with E-state index in [1.807, 2.05) is 18.3 Å². The third-order valence-corrected chi connectivity index (χ3v) is 3.73. The minimum Gasteiger partial charge on any atom is -0.508 e. The van der Waals surface area contributed by atoms with Crippen LogP contribution < -0.4 is 5.73 Å². The summed E-state index contributed by atoms with van der Waals surface area (Å²) in [5, 5.41) is 10.3. The summed E-state index contributed by atoms with van der Waals surface area (Å²) in [5.74, 6) is 0.602. The minimum atomic E-state index is 0.265. The van der Waals surface area contributed by atoms with Gasteiger partial charge >= 0.3 is 0 Å². The zero-order valence-electron chi connectivity index (χ0n) is 9.05. The molecular weight excluding hydrogens is 220 g/mol. The molecule has 0 saturated carbocycles. The van der Waals surface area contributed by atoms with Gasteiger partial charge in [-0.05, 0) is 18.7 Å². The average Bonchev–Trinajstić information content (AvgIpc) is 2.77. The zero-order valence-corrected chi connectivity index (χ0v) is 9.87. The lowest BCUT2D eigenvalue weighted by Gasteiger charge is -2.02. The van der Waals surface area contributed by atoms with Crippen molar-refractivity contribution in [3.8, 4) is 16.3 Å². The maximum atomic E-state index is 9.39. The summed E-state index contributed by atoms with van der Waals surface area (Å²) in [6, 6.07) is 7.13. The molecule has 0 radical (unpaired) electrons. The minimum absolute atomic E-state index is 0.265. The van der Waals surface area contributed by atoms with Gasteiger partial charge in [-0.25, -0.2) is 4.98 Å². The molecule has 1 aromatic carbocycles. The van der Waals surface area contributed by atoms with Crippen molar-refractivity contribution in [2.75, 3.05) is 6.54 Å². The van der Waals surface area contributed by atoms with Crippen LogP contribution in [0, 0.1) is 0 Å². The number of nitrogens with zero attached hydrogens (tertiary/aromatic N) is 1. The number of phenolic OH excluding ortho intramolecular Hbond substituents is 1. The summed E-state index contributed by atoms with van der Waals surface area (Å²) in [6.45, 7) is 2.71. The highest BCUT2D eigenvalue weighted by Crippen LogP contribution is 2.30. The molecule has 0 aliphatic rings. The Morgan fingerprint density at radius 1 is 1.50 bits per heavy atom. The van der Waals surface area contributed by atoms with Crippen LogP contribution in [-0.2, 0) is 0 Å². The molecule has 16 heavy (non-hydrogen) atoms. The summed E-state index contributed by atoms with van der Waals surface area (Å²) < 4.78 is 0. The Morgan fingerprint density at radius 3 is 3.00 bits per heavy atom. The van der Waals surface area contributed by atoms with Gasteiger partial charge in [-0.15, -0.1) is 11.3 Å². The second-order valence-electron chi connectivity index (χ2n) is 3.75. The number of hydrogen-bond acceptors (Lipinski definition) is 4. The lowest BCUT2D eigenvalue weighted by molar-refractivity contribution is 0.475. The normalized spacial score (nSPS) is 12.6. The van der Waals surface area contributed by atoms with Crippen molar-refractivity contribution in [3.05, 3.63) is 35.3 Å². The van der Waals surface area contributed by atoms with E-state index in [1.165, 1.54) is 4.88 Å². The highest BCUT2D eigenvalue weighted by molar-refractivity contribution is 7.15. The third-order valence-electron chi connectivity index (χ3n) is 2.46. The van der Waals surface area contributed by atoms with Gasteiger partial charge in [-0.3, -0.25) is 0 Å². The molecule has 1 unspecified atom stereocenters. The molecular formula is C12H14N2OS. The van der Waals surface area contributed by atoms with Crippen molar-refractivity contribution >= 4 is 11.3 Å².